The molecule has 0 spiro atoms. The number of nitrogens with zero attached hydrogens (tertiary/aromatic N) is 3. The quantitative estimate of drug-likeness (QED) is 0.736. The highest BCUT2D eigenvalue weighted by Crippen LogP contribution is 2.34. The summed E-state index contributed by atoms with van der Waals surface area (Å²) >= 11 is 1.47. The molecule has 168 valence electrons. The first kappa shape index (κ1) is 21.3. The molecule has 3 heterocycles. The number of thioether (sulfide) groups is 1. The monoisotopic (exact) mass is 474 g/mol. The number of fused-ring (bicyclic) bond motifs is 1. The van der Waals surface area contributed by atoms with Crippen molar-refractivity contribution in [2.45, 2.75) is 11.3 Å². The predicted molar refractivity (Wildman–Crippen MR) is 126 cm³/mol. The number of anilines is 2. The van der Waals surface area contributed by atoms with E-state index in [1.807, 2.05) is 17.0 Å². The van der Waals surface area contributed by atoms with Gasteiger partial charge in [0.1, 0.15) is 5.82 Å². The number of amides is 1. The van der Waals surface area contributed by atoms with Crippen molar-refractivity contribution in [3.8, 4) is 0 Å². The molecule has 0 aromatic heterocycles. The largest absolute Gasteiger partial charge is 0.368 e. The van der Waals surface area contributed by atoms with Gasteiger partial charge in [0.05, 0.1) is 17.5 Å². The van der Waals surface area contributed by atoms with E-state index in [0.717, 1.165) is 16.5 Å². The van der Waals surface area contributed by atoms with Crippen molar-refractivity contribution >= 4 is 44.0 Å². The zero-order chi connectivity index (χ0) is 22.3. The molecule has 3 aliphatic rings. The summed E-state index contributed by atoms with van der Waals surface area (Å²) in [5, 5.41) is 3.96. The van der Waals surface area contributed by atoms with Crippen molar-refractivity contribution in [3.05, 3.63) is 59.9 Å². The lowest BCUT2D eigenvalue weighted by Gasteiger charge is -2.36. The first-order chi connectivity index (χ1) is 15.4. The molecule has 0 saturated carbocycles. The summed E-state index contributed by atoms with van der Waals surface area (Å²) < 4.78 is 36.5. The minimum atomic E-state index is -2.96. The summed E-state index contributed by atoms with van der Waals surface area (Å²) in [7, 11) is -2.96. The molecule has 2 aromatic carbocycles. The summed E-state index contributed by atoms with van der Waals surface area (Å²) in [5.74, 6) is 0.0360. The lowest BCUT2D eigenvalue weighted by molar-refractivity contribution is 0.0747. The minimum Gasteiger partial charge on any atom is -0.368 e. The van der Waals surface area contributed by atoms with E-state index < -0.39 is 9.84 Å². The highest BCUT2D eigenvalue weighted by atomic mass is 32.2. The first-order valence-corrected chi connectivity index (χ1v) is 13.2. The van der Waals surface area contributed by atoms with E-state index in [1.165, 1.54) is 23.9 Å². The van der Waals surface area contributed by atoms with Crippen molar-refractivity contribution in [1.82, 2.24) is 4.90 Å². The van der Waals surface area contributed by atoms with E-state index >= 15 is 0 Å². The molecule has 2 atom stereocenters. The van der Waals surface area contributed by atoms with E-state index in [2.05, 4.69) is 15.2 Å². The van der Waals surface area contributed by atoms with Crippen LogP contribution in [0.15, 0.2) is 53.5 Å². The van der Waals surface area contributed by atoms with Crippen LogP contribution in [0, 0.1) is 5.82 Å². The lowest BCUT2D eigenvalue weighted by Crippen LogP contribution is -2.48. The van der Waals surface area contributed by atoms with Crippen LogP contribution < -0.4 is 10.2 Å². The molecule has 0 radical (unpaired) electrons. The van der Waals surface area contributed by atoms with Crippen molar-refractivity contribution < 1.29 is 17.6 Å². The fourth-order valence-corrected chi connectivity index (χ4v) is 7.91. The van der Waals surface area contributed by atoms with Crippen molar-refractivity contribution in [3.63, 3.8) is 0 Å². The average molecular weight is 475 g/mol. The van der Waals surface area contributed by atoms with Crippen molar-refractivity contribution in [2.75, 3.05) is 47.9 Å². The van der Waals surface area contributed by atoms with E-state index in [-0.39, 0.29) is 34.5 Å². The van der Waals surface area contributed by atoms with Gasteiger partial charge in [-0.15, -0.1) is 0 Å². The van der Waals surface area contributed by atoms with Gasteiger partial charge in [-0.2, -0.15) is 0 Å². The van der Waals surface area contributed by atoms with Gasteiger partial charge in [0.25, 0.3) is 5.91 Å². The van der Waals surface area contributed by atoms with Crippen LogP contribution in [0.25, 0.3) is 0 Å². The smallest absolute Gasteiger partial charge is 0.253 e. The molecular formula is C22H23FN4O3S2. The van der Waals surface area contributed by atoms with Gasteiger partial charge in [0, 0.05) is 48.4 Å². The Balaban J connectivity index is 1.16. The summed E-state index contributed by atoms with van der Waals surface area (Å²) in [6.45, 7) is 2.61. The number of carbonyl (C=O) groups excluding carboxylic acids is 1. The Bertz CT molecular complexity index is 1140. The van der Waals surface area contributed by atoms with Crippen molar-refractivity contribution in [1.29, 1.82) is 0 Å². The Morgan fingerprint density at radius 1 is 1.00 bits per heavy atom. The minimum absolute atomic E-state index is 0.00284. The number of halogens is 1. The summed E-state index contributed by atoms with van der Waals surface area (Å²) in [6.07, 6.45) is 0. The van der Waals surface area contributed by atoms with E-state index in [4.69, 9.17) is 0 Å². The Hall–Kier alpha value is -2.59. The van der Waals surface area contributed by atoms with Crippen LogP contribution in [-0.4, -0.2) is 73.4 Å². The average Bonchev–Trinajstić information content (AvgIpc) is 3.27. The second kappa shape index (κ2) is 8.40. The van der Waals surface area contributed by atoms with Crippen LogP contribution in [0.4, 0.5) is 15.8 Å². The zero-order valence-corrected chi connectivity index (χ0v) is 18.9. The fourth-order valence-electron chi connectivity index (χ4n) is 4.24. The molecule has 0 bridgehead atoms. The highest BCUT2D eigenvalue weighted by molar-refractivity contribution is 8.15. The van der Waals surface area contributed by atoms with Gasteiger partial charge in [-0.25, -0.2) is 12.8 Å². The Morgan fingerprint density at radius 2 is 1.69 bits per heavy atom. The van der Waals surface area contributed by atoms with Gasteiger partial charge < -0.3 is 15.1 Å². The number of aliphatic imine (C=N–C) groups is 1. The van der Waals surface area contributed by atoms with E-state index in [0.29, 0.717) is 31.7 Å². The Labute approximate surface area is 190 Å². The summed E-state index contributed by atoms with van der Waals surface area (Å²) in [5.41, 5.74) is 2.40. The number of carbonyl (C=O) groups is 1. The van der Waals surface area contributed by atoms with Crippen LogP contribution in [-0.2, 0) is 9.84 Å². The maximum absolute atomic E-state index is 13.1. The lowest BCUT2D eigenvalue weighted by atomic mass is 10.1. The highest BCUT2D eigenvalue weighted by Gasteiger charge is 2.42. The third kappa shape index (κ3) is 4.47. The van der Waals surface area contributed by atoms with Gasteiger partial charge >= 0.3 is 0 Å². The number of piperazine rings is 1. The number of benzene rings is 2. The predicted octanol–water partition coefficient (Wildman–Crippen LogP) is 2.47. The standard InChI is InChI=1S/C22H23FN4O3S2/c23-16-3-7-18(8-4-16)26-9-11-27(12-10-26)21(28)15-1-5-17(6-2-15)24-22-25-19-13-32(29,30)14-20(19)31-22/h1-8,19-20H,9-14H2,(H,24,25)/t19-,20-/m0/s1. The Morgan fingerprint density at radius 3 is 2.34 bits per heavy atom. The molecule has 1 amide bonds. The molecular weight excluding hydrogens is 451 g/mol. The molecule has 2 fully saturated rings. The van der Waals surface area contributed by atoms with Crippen LogP contribution in [0.1, 0.15) is 10.4 Å². The summed E-state index contributed by atoms with van der Waals surface area (Å²) in [6, 6.07) is 13.5. The molecule has 1 N–H and O–H groups in total. The Kier molecular flexibility index (Phi) is 5.58. The van der Waals surface area contributed by atoms with E-state index in [9.17, 15) is 17.6 Å². The molecule has 32 heavy (non-hydrogen) atoms. The number of rotatable bonds is 3. The zero-order valence-electron chi connectivity index (χ0n) is 17.3. The number of nitrogens with one attached hydrogen (secondary N) is 1. The molecule has 3 aliphatic heterocycles. The van der Waals surface area contributed by atoms with Gasteiger partial charge in [0.2, 0.25) is 0 Å². The number of hydrogen-bond donors (Lipinski definition) is 1. The van der Waals surface area contributed by atoms with Crippen molar-refractivity contribution in [2.24, 2.45) is 4.99 Å². The van der Waals surface area contributed by atoms with Crippen LogP contribution in [0.3, 0.4) is 0 Å². The number of hydrogen-bond acceptors (Lipinski definition) is 7. The maximum atomic E-state index is 13.1. The van der Waals surface area contributed by atoms with Crippen LogP contribution in [0.5, 0.6) is 0 Å². The second-order valence-electron chi connectivity index (χ2n) is 8.19. The van der Waals surface area contributed by atoms with Gasteiger partial charge in [0.15, 0.2) is 15.0 Å². The summed E-state index contributed by atoms with van der Waals surface area (Å²) in [4.78, 5) is 21.4. The molecule has 0 aliphatic carbocycles. The number of sulfone groups is 1. The maximum Gasteiger partial charge on any atom is 0.253 e. The third-order valence-electron chi connectivity index (χ3n) is 5.96. The molecule has 2 saturated heterocycles. The molecule has 7 nitrogen and oxygen atoms in total. The van der Waals surface area contributed by atoms with Crippen LogP contribution in [0.2, 0.25) is 0 Å². The SMILES string of the molecule is O=C(c1ccc(NC2=N[C@H]3CS(=O)(=O)C[C@@H]3S2)cc1)N1CCN(c2ccc(F)cc2)CC1. The topological polar surface area (TPSA) is 82.1 Å². The molecule has 2 aromatic rings. The van der Waals surface area contributed by atoms with Gasteiger partial charge in [-0.1, -0.05) is 11.8 Å². The number of amidine groups is 1. The molecule has 10 heteroatoms. The third-order valence-corrected chi connectivity index (χ3v) is 9.10. The van der Waals surface area contributed by atoms with Gasteiger partial charge in [-0.05, 0) is 48.5 Å². The van der Waals surface area contributed by atoms with Crippen LogP contribution >= 0.6 is 11.8 Å². The molecule has 5 rings (SSSR count). The van der Waals surface area contributed by atoms with Gasteiger partial charge in [-0.3, -0.25) is 9.79 Å². The second-order valence-corrected chi connectivity index (χ2v) is 11.6. The molecule has 0 unspecified atom stereocenters. The van der Waals surface area contributed by atoms with E-state index in [1.54, 1.807) is 24.3 Å². The normalized spacial score (nSPS) is 24.2. The fraction of sp³-hybridized carbons (Fsp3) is 0.364. The first-order valence-electron chi connectivity index (χ1n) is 10.5.